The van der Waals surface area contributed by atoms with Crippen molar-refractivity contribution < 1.29 is 14.3 Å². The molecule has 2 fully saturated rings. The van der Waals surface area contributed by atoms with Crippen molar-refractivity contribution in [3.05, 3.63) is 22.4 Å². The summed E-state index contributed by atoms with van der Waals surface area (Å²) in [5.41, 5.74) is 0. The molecule has 21 heavy (non-hydrogen) atoms. The monoisotopic (exact) mass is 308 g/mol. The van der Waals surface area contributed by atoms with E-state index in [9.17, 15) is 9.59 Å². The van der Waals surface area contributed by atoms with Crippen LogP contribution in [0.3, 0.4) is 0 Å². The molecule has 1 aromatic rings. The highest BCUT2D eigenvalue weighted by Gasteiger charge is 2.44. The Morgan fingerprint density at radius 1 is 1.38 bits per heavy atom. The van der Waals surface area contributed by atoms with Crippen LogP contribution in [0.4, 0.5) is 9.59 Å². The molecule has 2 atom stereocenters. The standard InChI is InChI=1S/C15H20N2O3S/c1-10-13(12-8-5-9-21-12)20-15(19)17(10)14(18)16-11-6-3-2-4-7-11/h5,8-11,13H,2-4,6-7H2,1H3,(H,16,18)/t10-,13+/m1/s1. The first kappa shape index (κ1) is 14.4. The predicted molar refractivity (Wildman–Crippen MR) is 80.2 cm³/mol. The Balaban J connectivity index is 1.66. The maximum Gasteiger partial charge on any atom is 0.419 e. The number of ether oxygens (including phenoxy) is 1. The van der Waals surface area contributed by atoms with E-state index in [4.69, 9.17) is 4.74 Å². The van der Waals surface area contributed by atoms with Gasteiger partial charge in [-0.2, -0.15) is 0 Å². The van der Waals surface area contributed by atoms with Crippen molar-refractivity contribution in [3.63, 3.8) is 0 Å². The van der Waals surface area contributed by atoms with Crippen LogP contribution in [-0.2, 0) is 4.74 Å². The smallest absolute Gasteiger partial charge is 0.419 e. The van der Waals surface area contributed by atoms with Crippen LogP contribution in [0.25, 0.3) is 0 Å². The molecule has 3 amide bonds. The number of carbonyl (C=O) groups excluding carboxylic acids is 2. The number of urea groups is 1. The second-order valence-electron chi connectivity index (χ2n) is 5.71. The molecule has 5 nitrogen and oxygen atoms in total. The zero-order chi connectivity index (χ0) is 14.8. The number of carbonyl (C=O) groups is 2. The molecule has 6 heteroatoms. The van der Waals surface area contributed by atoms with Gasteiger partial charge in [-0.1, -0.05) is 25.3 Å². The molecule has 2 heterocycles. The van der Waals surface area contributed by atoms with Crippen molar-refractivity contribution in [3.8, 4) is 0 Å². The van der Waals surface area contributed by atoms with Gasteiger partial charge in [0.05, 0.1) is 6.04 Å². The van der Waals surface area contributed by atoms with Gasteiger partial charge in [0.1, 0.15) is 0 Å². The van der Waals surface area contributed by atoms with Crippen molar-refractivity contribution in [1.82, 2.24) is 10.2 Å². The third-order valence-corrected chi connectivity index (χ3v) is 5.18. The van der Waals surface area contributed by atoms with E-state index in [1.165, 1.54) is 22.7 Å². The highest BCUT2D eigenvalue weighted by atomic mass is 32.1. The maximum absolute atomic E-state index is 12.4. The Kier molecular flexibility index (Phi) is 4.14. The van der Waals surface area contributed by atoms with Gasteiger partial charge in [-0.25, -0.2) is 14.5 Å². The minimum atomic E-state index is -0.547. The van der Waals surface area contributed by atoms with E-state index in [1.54, 1.807) is 0 Å². The molecule has 1 aliphatic carbocycles. The number of hydrogen-bond acceptors (Lipinski definition) is 4. The minimum Gasteiger partial charge on any atom is -0.438 e. The molecule has 3 rings (SSSR count). The lowest BCUT2D eigenvalue weighted by Gasteiger charge is -2.26. The van der Waals surface area contributed by atoms with Crippen LogP contribution in [0.1, 0.15) is 50.0 Å². The second kappa shape index (κ2) is 6.05. The summed E-state index contributed by atoms with van der Waals surface area (Å²) < 4.78 is 5.38. The fourth-order valence-corrected chi connectivity index (χ4v) is 3.92. The van der Waals surface area contributed by atoms with E-state index < -0.39 is 6.09 Å². The average Bonchev–Trinajstić information content (AvgIpc) is 3.08. The topological polar surface area (TPSA) is 58.6 Å². The molecule has 2 aliphatic rings. The summed E-state index contributed by atoms with van der Waals surface area (Å²) in [6, 6.07) is 3.44. The molecule has 0 bridgehead atoms. The number of nitrogens with zero attached hydrogens (tertiary/aromatic N) is 1. The van der Waals surface area contributed by atoms with Crippen molar-refractivity contribution in [2.45, 2.75) is 57.2 Å². The Hall–Kier alpha value is -1.56. The number of hydrogen-bond donors (Lipinski definition) is 1. The first-order chi connectivity index (χ1) is 10.2. The van der Waals surface area contributed by atoms with Crippen LogP contribution < -0.4 is 5.32 Å². The molecule has 0 spiro atoms. The summed E-state index contributed by atoms with van der Waals surface area (Å²) >= 11 is 1.54. The van der Waals surface area contributed by atoms with Gasteiger partial charge in [0.15, 0.2) is 6.10 Å². The van der Waals surface area contributed by atoms with Crippen molar-refractivity contribution in [1.29, 1.82) is 0 Å². The van der Waals surface area contributed by atoms with Crippen molar-refractivity contribution in [2.24, 2.45) is 0 Å². The number of nitrogens with one attached hydrogen (secondary N) is 1. The number of amides is 3. The molecule has 0 aromatic carbocycles. The van der Waals surface area contributed by atoms with Gasteiger partial charge in [0.2, 0.25) is 0 Å². The summed E-state index contributed by atoms with van der Waals surface area (Å²) in [6.45, 7) is 1.86. The molecule has 0 unspecified atom stereocenters. The summed E-state index contributed by atoms with van der Waals surface area (Å²) in [4.78, 5) is 26.6. The van der Waals surface area contributed by atoms with Gasteiger partial charge < -0.3 is 10.1 Å². The Morgan fingerprint density at radius 2 is 2.14 bits per heavy atom. The van der Waals surface area contributed by atoms with Gasteiger partial charge in [0.25, 0.3) is 0 Å². The molecule has 1 saturated carbocycles. The molecule has 1 saturated heterocycles. The fraction of sp³-hybridized carbons (Fsp3) is 0.600. The maximum atomic E-state index is 12.4. The van der Waals surface area contributed by atoms with E-state index in [1.807, 2.05) is 24.4 Å². The lowest BCUT2D eigenvalue weighted by molar-refractivity contribution is 0.132. The average molecular weight is 308 g/mol. The van der Waals surface area contributed by atoms with Gasteiger partial charge in [-0.05, 0) is 31.2 Å². The van der Waals surface area contributed by atoms with Gasteiger partial charge in [0, 0.05) is 10.9 Å². The molecule has 1 aromatic heterocycles. The first-order valence-electron chi connectivity index (χ1n) is 7.50. The normalized spacial score (nSPS) is 26.7. The van der Waals surface area contributed by atoms with E-state index >= 15 is 0 Å². The third-order valence-electron chi connectivity index (χ3n) is 4.25. The number of cyclic esters (lactones) is 1. The molecular weight excluding hydrogens is 288 g/mol. The molecule has 114 valence electrons. The quantitative estimate of drug-likeness (QED) is 0.907. The number of rotatable bonds is 2. The molecule has 1 N–H and O–H groups in total. The van der Waals surface area contributed by atoms with Crippen molar-refractivity contribution in [2.75, 3.05) is 0 Å². The Labute approximate surface area is 128 Å². The fourth-order valence-electron chi connectivity index (χ4n) is 3.07. The first-order valence-corrected chi connectivity index (χ1v) is 8.38. The van der Waals surface area contributed by atoms with Crippen LogP contribution >= 0.6 is 11.3 Å². The highest BCUT2D eigenvalue weighted by Crippen LogP contribution is 2.34. The molecular formula is C15H20N2O3S. The van der Waals surface area contributed by atoms with Crippen LogP contribution in [0.5, 0.6) is 0 Å². The summed E-state index contributed by atoms with van der Waals surface area (Å²) in [5, 5.41) is 4.92. The number of thiophene rings is 1. The summed E-state index contributed by atoms with van der Waals surface area (Å²) in [6.07, 6.45) is 4.61. The van der Waals surface area contributed by atoms with Crippen molar-refractivity contribution >= 4 is 23.5 Å². The minimum absolute atomic E-state index is 0.187. The lowest BCUT2D eigenvalue weighted by Crippen LogP contribution is -2.48. The van der Waals surface area contributed by atoms with Crippen LogP contribution in [0.2, 0.25) is 0 Å². The Bertz CT molecular complexity index is 511. The summed E-state index contributed by atoms with van der Waals surface area (Å²) in [5.74, 6) is 0. The van der Waals surface area contributed by atoms with E-state index in [0.29, 0.717) is 0 Å². The second-order valence-corrected chi connectivity index (χ2v) is 6.69. The SMILES string of the molecule is C[C@@H]1[C@@H](c2cccs2)OC(=O)N1C(=O)NC1CCCCC1. The van der Waals surface area contributed by atoms with Gasteiger partial charge in [-0.3, -0.25) is 0 Å². The van der Waals surface area contributed by atoms with Crippen LogP contribution in [0, 0.1) is 0 Å². The third kappa shape index (κ3) is 2.90. The van der Waals surface area contributed by atoms with E-state index in [-0.39, 0.29) is 24.2 Å². The largest absolute Gasteiger partial charge is 0.438 e. The molecule has 1 aliphatic heterocycles. The number of imide groups is 1. The highest BCUT2D eigenvalue weighted by molar-refractivity contribution is 7.10. The van der Waals surface area contributed by atoms with Crippen LogP contribution in [0.15, 0.2) is 17.5 Å². The zero-order valence-electron chi connectivity index (χ0n) is 12.1. The lowest BCUT2D eigenvalue weighted by atomic mass is 9.96. The van der Waals surface area contributed by atoms with E-state index in [0.717, 1.165) is 30.6 Å². The van der Waals surface area contributed by atoms with Gasteiger partial charge >= 0.3 is 12.1 Å². The zero-order valence-corrected chi connectivity index (χ0v) is 12.9. The summed E-state index contributed by atoms with van der Waals surface area (Å²) in [7, 11) is 0. The van der Waals surface area contributed by atoms with Crippen LogP contribution in [-0.4, -0.2) is 29.1 Å². The molecule has 0 radical (unpaired) electrons. The predicted octanol–water partition coefficient (Wildman–Crippen LogP) is 3.67. The van der Waals surface area contributed by atoms with E-state index in [2.05, 4.69) is 5.32 Å². The van der Waals surface area contributed by atoms with Gasteiger partial charge in [-0.15, -0.1) is 11.3 Å². The Morgan fingerprint density at radius 3 is 2.81 bits per heavy atom.